The Morgan fingerprint density at radius 2 is 2.00 bits per heavy atom. The fourth-order valence-corrected chi connectivity index (χ4v) is 2.70. The maximum absolute atomic E-state index is 12.1. The molecule has 0 amide bonds. The summed E-state index contributed by atoms with van der Waals surface area (Å²) < 4.78 is 10.8. The number of Topliss-reactive ketones (excluding diaryl/α,β-unsaturated/α-hetero) is 1. The first-order valence-electron chi connectivity index (χ1n) is 6.53. The first kappa shape index (κ1) is 14.6. The number of carbonyl (C=O) groups is 1. The Morgan fingerprint density at radius 3 is 2.65 bits per heavy atom. The molecule has 0 aliphatic carbocycles. The number of hydrogen-bond acceptors (Lipinski definition) is 4. The molecule has 0 aliphatic rings. The highest BCUT2D eigenvalue weighted by Gasteiger charge is 2.11. The molecule has 0 unspecified atom stereocenters. The molecule has 20 heavy (non-hydrogen) atoms. The molecule has 0 bridgehead atoms. The van der Waals surface area contributed by atoms with Gasteiger partial charge in [0.2, 0.25) is 5.78 Å². The molecule has 3 nitrogen and oxygen atoms in total. The second-order valence-electron chi connectivity index (χ2n) is 4.49. The lowest BCUT2D eigenvalue weighted by Crippen LogP contribution is -2.10. The van der Waals surface area contributed by atoms with E-state index in [1.54, 1.807) is 7.11 Å². The highest BCUT2D eigenvalue weighted by atomic mass is 32.1. The lowest BCUT2D eigenvalue weighted by molar-refractivity contribution is 0.0923. The van der Waals surface area contributed by atoms with Crippen LogP contribution in [0.2, 0.25) is 0 Å². The van der Waals surface area contributed by atoms with Crippen LogP contribution in [0.5, 0.6) is 11.5 Å². The van der Waals surface area contributed by atoms with Gasteiger partial charge in [-0.1, -0.05) is 13.0 Å². The molecule has 1 heterocycles. The average molecular weight is 290 g/mol. The summed E-state index contributed by atoms with van der Waals surface area (Å²) in [6, 6.07) is 9.50. The van der Waals surface area contributed by atoms with Crippen molar-refractivity contribution in [3.63, 3.8) is 0 Å². The molecule has 2 aromatic rings. The number of benzene rings is 1. The van der Waals surface area contributed by atoms with E-state index < -0.39 is 0 Å². The van der Waals surface area contributed by atoms with Gasteiger partial charge in [0.25, 0.3) is 0 Å². The molecule has 0 saturated carbocycles. The van der Waals surface area contributed by atoms with Crippen molar-refractivity contribution in [3.8, 4) is 11.5 Å². The number of ketones is 1. The van der Waals surface area contributed by atoms with E-state index in [9.17, 15) is 4.79 Å². The zero-order valence-corrected chi connectivity index (χ0v) is 12.8. The summed E-state index contributed by atoms with van der Waals surface area (Å²) >= 11 is 1.53. The molecule has 1 aromatic carbocycles. The summed E-state index contributed by atoms with van der Waals surface area (Å²) in [6.45, 7) is 4.09. The number of ether oxygens (including phenoxy) is 2. The summed E-state index contributed by atoms with van der Waals surface area (Å²) in [6.07, 6.45) is 0.949. The minimum Gasteiger partial charge on any atom is -0.493 e. The Kier molecular flexibility index (Phi) is 4.79. The number of hydrogen-bond donors (Lipinski definition) is 0. The minimum atomic E-state index is -0.00247. The van der Waals surface area contributed by atoms with Gasteiger partial charge in [-0.15, -0.1) is 11.3 Å². The smallest absolute Gasteiger partial charge is 0.210 e. The molecule has 0 fully saturated rings. The van der Waals surface area contributed by atoms with Gasteiger partial charge >= 0.3 is 0 Å². The third kappa shape index (κ3) is 3.39. The Labute approximate surface area is 123 Å². The van der Waals surface area contributed by atoms with Crippen LogP contribution in [-0.4, -0.2) is 19.5 Å². The predicted molar refractivity (Wildman–Crippen MR) is 81.3 cm³/mol. The number of methoxy groups -OCH3 is 1. The number of thiophene rings is 1. The first-order valence-corrected chi connectivity index (χ1v) is 7.35. The van der Waals surface area contributed by atoms with Crippen molar-refractivity contribution in [2.75, 3.05) is 13.7 Å². The van der Waals surface area contributed by atoms with E-state index in [2.05, 4.69) is 6.92 Å². The van der Waals surface area contributed by atoms with Crippen molar-refractivity contribution in [1.29, 1.82) is 0 Å². The zero-order chi connectivity index (χ0) is 14.5. The molecule has 0 N–H and O–H groups in total. The molecule has 0 saturated heterocycles. The van der Waals surface area contributed by atoms with Gasteiger partial charge in [0.05, 0.1) is 12.0 Å². The molecule has 0 aliphatic heterocycles. The maximum Gasteiger partial charge on any atom is 0.210 e. The number of rotatable bonds is 6. The molecule has 0 radical (unpaired) electrons. The van der Waals surface area contributed by atoms with Gasteiger partial charge < -0.3 is 9.47 Å². The Hall–Kier alpha value is -1.81. The summed E-state index contributed by atoms with van der Waals surface area (Å²) in [5, 5.41) is 0. The van der Waals surface area contributed by atoms with Crippen LogP contribution in [0.3, 0.4) is 0 Å². The van der Waals surface area contributed by atoms with Gasteiger partial charge in [-0.25, -0.2) is 0 Å². The normalized spacial score (nSPS) is 10.3. The fourth-order valence-electron chi connectivity index (χ4n) is 1.83. The second-order valence-corrected chi connectivity index (χ2v) is 5.65. The van der Waals surface area contributed by atoms with Crippen LogP contribution in [0.15, 0.2) is 30.3 Å². The van der Waals surface area contributed by atoms with Crippen LogP contribution in [0.4, 0.5) is 0 Å². The topological polar surface area (TPSA) is 35.5 Å². The van der Waals surface area contributed by atoms with E-state index in [0.717, 1.165) is 16.9 Å². The zero-order valence-electron chi connectivity index (χ0n) is 11.9. The molecule has 106 valence electrons. The van der Waals surface area contributed by atoms with Crippen LogP contribution in [0.1, 0.15) is 27.0 Å². The van der Waals surface area contributed by atoms with Gasteiger partial charge in [0.15, 0.2) is 18.1 Å². The number of carbonyl (C=O) groups excluding carboxylic acids is 1. The molecule has 2 rings (SSSR count). The van der Waals surface area contributed by atoms with E-state index >= 15 is 0 Å². The van der Waals surface area contributed by atoms with Gasteiger partial charge in [-0.05, 0) is 43.2 Å². The van der Waals surface area contributed by atoms with Gasteiger partial charge in [0.1, 0.15) is 0 Å². The van der Waals surface area contributed by atoms with Gasteiger partial charge in [-0.2, -0.15) is 0 Å². The standard InChI is InChI=1S/C16H18O3S/c1-4-12-6-8-16(20-12)13(17)10-19-14-7-5-11(2)9-15(14)18-3/h5-9H,4,10H2,1-3H3. The molecule has 1 aromatic heterocycles. The fraction of sp³-hybridized carbons (Fsp3) is 0.312. The largest absolute Gasteiger partial charge is 0.493 e. The predicted octanol–water partition coefficient (Wildman–Crippen LogP) is 3.89. The van der Waals surface area contributed by atoms with Crippen molar-refractivity contribution in [3.05, 3.63) is 45.6 Å². The van der Waals surface area contributed by atoms with E-state index in [4.69, 9.17) is 9.47 Å². The van der Waals surface area contributed by atoms with E-state index in [1.165, 1.54) is 16.2 Å². The average Bonchev–Trinajstić information content (AvgIpc) is 2.94. The van der Waals surface area contributed by atoms with E-state index in [1.807, 2.05) is 37.3 Å². The monoisotopic (exact) mass is 290 g/mol. The van der Waals surface area contributed by atoms with Crippen molar-refractivity contribution in [2.24, 2.45) is 0 Å². The Balaban J connectivity index is 2.03. The van der Waals surface area contributed by atoms with Gasteiger partial charge in [0, 0.05) is 4.88 Å². The van der Waals surface area contributed by atoms with Crippen LogP contribution in [0.25, 0.3) is 0 Å². The van der Waals surface area contributed by atoms with Crippen LogP contribution in [-0.2, 0) is 6.42 Å². The Morgan fingerprint density at radius 1 is 1.20 bits per heavy atom. The Bertz CT molecular complexity index is 602. The van der Waals surface area contributed by atoms with E-state index in [0.29, 0.717) is 11.5 Å². The second kappa shape index (κ2) is 6.57. The molecule has 0 atom stereocenters. The summed E-state index contributed by atoms with van der Waals surface area (Å²) in [5.74, 6) is 1.24. The van der Waals surface area contributed by atoms with Crippen LogP contribution < -0.4 is 9.47 Å². The highest BCUT2D eigenvalue weighted by molar-refractivity contribution is 7.14. The number of aryl methyl sites for hydroxylation is 2. The minimum absolute atomic E-state index is 0.00247. The summed E-state index contributed by atoms with van der Waals surface area (Å²) in [4.78, 5) is 14.0. The summed E-state index contributed by atoms with van der Waals surface area (Å²) in [7, 11) is 1.59. The lowest BCUT2D eigenvalue weighted by Gasteiger charge is -2.10. The van der Waals surface area contributed by atoms with Crippen molar-refractivity contribution >= 4 is 17.1 Å². The van der Waals surface area contributed by atoms with Crippen molar-refractivity contribution in [2.45, 2.75) is 20.3 Å². The molecule has 4 heteroatoms. The van der Waals surface area contributed by atoms with Gasteiger partial charge in [-0.3, -0.25) is 4.79 Å². The first-order chi connectivity index (χ1) is 9.63. The maximum atomic E-state index is 12.1. The lowest BCUT2D eigenvalue weighted by atomic mass is 10.2. The molecule has 0 spiro atoms. The molecular formula is C16H18O3S. The highest BCUT2D eigenvalue weighted by Crippen LogP contribution is 2.28. The van der Waals surface area contributed by atoms with Crippen LogP contribution >= 0.6 is 11.3 Å². The van der Waals surface area contributed by atoms with Crippen molar-refractivity contribution < 1.29 is 14.3 Å². The molecular weight excluding hydrogens is 272 g/mol. The van der Waals surface area contributed by atoms with E-state index in [-0.39, 0.29) is 12.4 Å². The summed E-state index contributed by atoms with van der Waals surface area (Å²) in [5.41, 5.74) is 1.09. The third-order valence-electron chi connectivity index (χ3n) is 2.96. The third-order valence-corrected chi connectivity index (χ3v) is 4.23. The quantitative estimate of drug-likeness (QED) is 0.757. The van der Waals surface area contributed by atoms with Crippen LogP contribution in [0, 0.1) is 6.92 Å². The van der Waals surface area contributed by atoms with Crippen molar-refractivity contribution in [1.82, 2.24) is 0 Å². The SMILES string of the molecule is CCc1ccc(C(=O)COc2ccc(C)cc2OC)s1.